The summed E-state index contributed by atoms with van der Waals surface area (Å²) in [6.07, 6.45) is 6.64. The van der Waals surface area contributed by atoms with Crippen LogP contribution in [0.3, 0.4) is 0 Å². The Bertz CT molecular complexity index is 789. The van der Waals surface area contributed by atoms with Crippen LogP contribution >= 0.6 is 0 Å². The van der Waals surface area contributed by atoms with E-state index in [9.17, 15) is 4.79 Å². The fourth-order valence-electron chi connectivity index (χ4n) is 3.91. The fraction of sp³-hybridized carbons (Fsp3) is 0.455. The average molecular weight is 365 g/mol. The van der Waals surface area contributed by atoms with Gasteiger partial charge in [-0.05, 0) is 50.6 Å². The molecule has 2 aliphatic rings. The van der Waals surface area contributed by atoms with E-state index in [4.69, 9.17) is 9.52 Å². The van der Waals surface area contributed by atoms with Crippen molar-refractivity contribution in [1.29, 1.82) is 0 Å². The molecule has 142 valence electrons. The largest absolute Gasteiger partial charge is 0.467 e. The number of rotatable bonds is 5. The number of hydrogen-bond acceptors (Lipinski definition) is 4. The summed E-state index contributed by atoms with van der Waals surface area (Å²) in [5, 5.41) is 6.36. The van der Waals surface area contributed by atoms with E-state index in [-0.39, 0.29) is 11.9 Å². The van der Waals surface area contributed by atoms with Gasteiger partial charge in [0.2, 0.25) is 5.91 Å². The summed E-state index contributed by atoms with van der Waals surface area (Å²) in [5.74, 6) is 0.872. The van der Waals surface area contributed by atoms with Crippen molar-refractivity contribution >= 4 is 11.6 Å². The van der Waals surface area contributed by atoms with Crippen LogP contribution in [0.15, 0.2) is 52.2 Å². The van der Waals surface area contributed by atoms with Crippen molar-refractivity contribution in [2.45, 2.75) is 45.1 Å². The van der Waals surface area contributed by atoms with Gasteiger partial charge >= 0.3 is 0 Å². The molecule has 0 N–H and O–H groups in total. The van der Waals surface area contributed by atoms with E-state index in [1.807, 2.05) is 12.1 Å². The molecule has 0 saturated carbocycles. The lowest BCUT2D eigenvalue weighted by Crippen LogP contribution is -2.34. The third kappa shape index (κ3) is 4.14. The van der Waals surface area contributed by atoms with Crippen LogP contribution in [0.5, 0.6) is 0 Å². The van der Waals surface area contributed by atoms with Gasteiger partial charge in [-0.1, -0.05) is 36.2 Å². The van der Waals surface area contributed by atoms with Crippen LogP contribution in [0.4, 0.5) is 0 Å². The van der Waals surface area contributed by atoms with Crippen LogP contribution in [0.1, 0.15) is 55.0 Å². The highest BCUT2D eigenvalue weighted by Crippen LogP contribution is 2.33. The second-order valence-corrected chi connectivity index (χ2v) is 7.54. The maximum absolute atomic E-state index is 13.0. The van der Waals surface area contributed by atoms with Gasteiger partial charge in [-0.2, -0.15) is 5.10 Å². The Labute approximate surface area is 160 Å². The lowest BCUT2D eigenvalue weighted by molar-refractivity contribution is -0.133. The van der Waals surface area contributed by atoms with Gasteiger partial charge in [-0.3, -0.25) is 4.79 Å². The summed E-state index contributed by atoms with van der Waals surface area (Å²) in [7, 11) is 0. The molecule has 3 heterocycles. The zero-order chi connectivity index (χ0) is 18.6. The first-order valence-corrected chi connectivity index (χ1v) is 9.93. The lowest BCUT2D eigenvalue weighted by Gasteiger charge is -2.27. The first-order chi connectivity index (χ1) is 13.2. The Morgan fingerprint density at radius 1 is 1.15 bits per heavy atom. The Balaban J connectivity index is 1.50. The summed E-state index contributed by atoms with van der Waals surface area (Å²) in [6, 6.07) is 12.0. The van der Waals surface area contributed by atoms with Gasteiger partial charge in [-0.15, -0.1) is 0 Å². The van der Waals surface area contributed by atoms with Crippen molar-refractivity contribution in [1.82, 2.24) is 9.91 Å². The number of carbonyl (C=O) groups is 1. The molecule has 0 bridgehead atoms. The number of nitrogens with zero attached hydrogens (tertiary/aromatic N) is 3. The topological polar surface area (TPSA) is 49.1 Å². The molecular formula is C22H27N3O2. The van der Waals surface area contributed by atoms with Gasteiger partial charge in [-0.25, -0.2) is 5.01 Å². The Kier molecular flexibility index (Phi) is 5.39. The van der Waals surface area contributed by atoms with Crippen LogP contribution in [0.25, 0.3) is 0 Å². The zero-order valence-corrected chi connectivity index (χ0v) is 15.9. The highest BCUT2D eigenvalue weighted by atomic mass is 16.3. The van der Waals surface area contributed by atoms with E-state index in [0.29, 0.717) is 12.8 Å². The number of hydrogen-bond donors (Lipinski definition) is 0. The minimum Gasteiger partial charge on any atom is -0.467 e. The second-order valence-electron chi connectivity index (χ2n) is 7.54. The average Bonchev–Trinajstić information content (AvgIpc) is 3.37. The van der Waals surface area contributed by atoms with E-state index in [1.54, 1.807) is 11.3 Å². The predicted molar refractivity (Wildman–Crippen MR) is 106 cm³/mol. The van der Waals surface area contributed by atoms with Gasteiger partial charge in [0.25, 0.3) is 0 Å². The van der Waals surface area contributed by atoms with E-state index in [0.717, 1.165) is 36.7 Å². The lowest BCUT2D eigenvalue weighted by atomic mass is 10.0. The van der Waals surface area contributed by atoms with Crippen molar-refractivity contribution in [2.75, 3.05) is 19.6 Å². The molecule has 27 heavy (non-hydrogen) atoms. The Hall–Kier alpha value is -2.40. The molecule has 4 rings (SSSR count). The molecule has 1 fully saturated rings. The third-order valence-corrected chi connectivity index (χ3v) is 5.51. The molecule has 1 aromatic carbocycles. The zero-order valence-electron chi connectivity index (χ0n) is 15.9. The van der Waals surface area contributed by atoms with Crippen molar-refractivity contribution in [2.24, 2.45) is 5.10 Å². The number of likely N-dealkylation sites (tertiary alicyclic amines) is 1. The second kappa shape index (κ2) is 8.09. The Morgan fingerprint density at radius 2 is 1.93 bits per heavy atom. The highest BCUT2D eigenvalue weighted by molar-refractivity contribution is 6.03. The quantitative estimate of drug-likeness (QED) is 0.800. The van der Waals surface area contributed by atoms with E-state index >= 15 is 0 Å². The van der Waals surface area contributed by atoms with Crippen molar-refractivity contribution in [3.63, 3.8) is 0 Å². The standard InChI is InChI=1S/C22H27N3O2/c1-17-7-9-18(10-8-17)19-16-20(21-6-5-15-27-21)25(23-19)22(26)11-14-24-12-3-2-4-13-24/h5-10,15,20H,2-4,11-14,16H2,1H3. The number of furan rings is 1. The van der Waals surface area contributed by atoms with E-state index < -0.39 is 0 Å². The minimum atomic E-state index is -0.148. The molecule has 1 aromatic heterocycles. The van der Waals surface area contributed by atoms with Crippen molar-refractivity contribution in [3.8, 4) is 0 Å². The molecule has 1 saturated heterocycles. The predicted octanol–water partition coefficient (Wildman–Crippen LogP) is 4.14. The molecule has 0 spiro atoms. The van der Waals surface area contributed by atoms with Crippen molar-refractivity contribution < 1.29 is 9.21 Å². The molecule has 1 atom stereocenters. The molecule has 2 aliphatic heterocycles. The van der Waals surface area contributed by atoms with Gasteiger partial charge in [0.15, 0.2) is 0 Å². The first kappa shape index (κ1) is 18.0. The van der Waals surface area contributed by atoms with Gasteiger partial charge in [0.05, 0.1) is 12.0 Å². The number of amides is 1. The van der Waals surface area contributed by atoms with Gasteiger partial charge < -0.3 is 9.32 Å². The SMILES string of the molecule is Cc1ccc(C2=NN(C(=O)CCN3CCCCC3)C(c3ccco3)C2)cc1. The van der Waals surface area contributed by atoms with Gasteiger partial charge in [0.1, 0.15) is 11.8 Å². The van der Waals surface area contributed by atoms with Crippen LogP contribution in [0.2, 0.25) is 0 Å². The number of benzene rings is 1. The molecule has 1 amide bonds. The number of carbonyl (C=O) groups excluding carboxylic acids is 1. The smallest absolute Gasteiger partial charge is 0.244 e. The van der Waals surface area contributed by atoms with E-state index in [1.165, 1.54) is 24.8 Å². The summed E-state index contributed by atoms with van der Waals surface area (Å²) < 4.78 is 5.62. The number of aryl methyl sites for hydroxylation is 1. The van der Waals surface area contributed by atoms with Crippen LogP contribution in [-0.2, 0) is 4.79 Å². The molecule has 5 nitrogen and oxygen atoms in total. The van der Waals surface area contributed by atoms with Crippen molar-refractivity contribution in [3.05, 3.63) is 59.5 Å². The molecule has 0 radical (unpaired) electrons. The van der Waals surface area contributed by atoms with Crippen LogP contribution in [0, 0.1) is 6.92 Å². The molecular weight excluding hydrogens is 338 g/mol. The molecule has 2 aromatic rings. The van der Waals surface area contributed by atoms with Gasteiger partial charge in [0, 0.05) is 19.4 Å². The number of hydrazone groups is 1. The Morgan fingerprint density at radius 3 is 2.63 bits per heavy atom. The number of piperidine rings is 1. The monoisotopic (exact) mass is 365 g/mol. The maximum atomic E-state index is 13.0. The van der Waals surface area contributed by atoms with Crippen LogP contribution in [-0.4, -0.2) is 41.2 Å². The third-order valence-electron chi connectivity index (χ3n) is 5.51. The normalized spacial score (nSPS) is 20.7. The minimum absolute atomic E-state index is 0.0732. The molecule has 5 heteroatoms. The summed E-state index contributed by atoms with van der Waals surface area (Å²) in [5.41, 5.74) is 3.24. The molecule has 1 unspecified atom stereocenters. The summed E-state index contributed by atoms with van der Waals surface area (Å²) in [6.45, 7) is 5.09. The van der Waals surface area contributed by atoms with Crippen LogP contribution < -0.4 is 0 Å². The fourth-order valence-corrected chi connectivity index (χ4v) is 3.91. The highest BCUT2D eigenvalue weighted by Gasteiger charge is 2.34. The van der Waals surface area contributed by atoms with E-state index in [2.05, 4.69) is 36.1 Å². The summed E-state index contributed by atoms with van der Waals surface area (Å²) >= 11 is 0. The first-order valence-electron chi connectivity index (χ1n) is 9.93. The maximum Gasteiger partial charge on any atom is 0.244 e. The molecule has 0 aliphatic carbocycles. The summed E-state index contributed by atoms with van der Waals surface area (Å²) in [4.78, 5) is 15.4.